The number of piperazine rings is 1. The van der Waals surface area contributed by atoms with E-state index in [4.69, 9.17) is 0 Å². The maximum absolute atomic E-state index is 13.7. The molecule has 3 aromatic rings. The Balaban J connectivity index is 1.11. The van der Waals surface area contributed by atoms with Crippen LogP contribution in [0.3, 0.4) is 0 Å². The molecule has 6 rings (SSSR count). The molecular weight excluding hydrogens is 422 g/mol. The molecule has 0 radical (unpaired) electrons. The molecule has 0 bridgehead atoms. The number of hydrogen-bond acceptors (Lipinski definition) is 3. The van der Waals surface area contributed by atoms with Crippen molar-refractivity contribution >= 4 is 23.2 Å². The van der Waals surface area contributed by atoms with E-state index in [0.29, 0.717) is 13.1 Å². The molecule has 5 heteroatoms. The number of amides is 2. The summed E-state index contributed by atoms with van der Waals surface area (Å²) in [5.74, 6) is 0.314. The molecule has 34 heavy (non-hydrogen) atoms. The molecule has 3 aromatic carbocycles. The second kappa shape index (κ2) is 8.64. The molecule has 0 atom stereocenters. The van der Waals surface area contributed by atoms with E-state index < -0.39 is 0 Å². The highest BCUT2D eigenvalue weighted by Gasteiger charge is 2.36. The molecule has 2 amide bonds. The third kappa shape index (κ3) is 3.65. The summed E-state index contributed by atoms with van der Waals surface area (Å²) in [4.78, 5) is 30.2. The van der Waals surface area contributed by atoms with Crippen molar-refractivity contribution in [3.05, 3.63) is 83.9 Å². The molecule has 1 saturated carbocycles. The summed E-state index contributed by atoms with van der Waals surface area (Å²) < 4.78 is 0. The monoisotopic (exact) mass is 451 g/mol. The molecule has 0 spiro atoms. The van der Waals surface area contributed by atoms with E-state index >= 15 is 0 Å². The van der Waals surface area contributed by atoms with Crippen molar-refractivity contribution in [1.29, 1.82) is 0 Å². The predicted octanol–water partition coefficient (Wildman–Crippen LogP) is 4.89. The van der Waals surface area contributed by atoms with Crippen LogP contribution >= 0.6 is 0 Å². The van der Waals surface area contributed by atoms with Crippen LogP contribution in [-0.4, -0.2) is 42.9 Å². The summed E-state index contributed by atoms with van der Waals surface area (Å²) in [6, 6.07) is 24.7. The Hall–Kier alpha value is -3.60. The molecule has 0 unspecified atom stereocenters. The highest BCUT2D eigenvalue weighted by molar-refractivity contribution is 5.96. The van der Waals surface area contributed by atoms with Gasteiger partial charge in [0, 0.05) is 43.5 Å². The topological polar surface area (TPSA) is 52.7 Å². The van der Waals surface area contributed by atoms with E-state index in [-0.39, 0.29) is 23.7 Å². The zero-order valence-electron chi connectivity index (χ0n) is 19.2. The first-order chi connectivity index (χ1) is 16.7. The molecular formula is C29H29N3O2. The normalized spacial score (nSPS) is 17.6. The minimum absolute atomic E-state index is 0.140. The van der Waals surface area contributed by atoms with Gasteiger partial charge < -0.3 is 15.1 Å². The van der Waals surface area contributed by atoms with Crippen LogP contribution in [0, 0.1) is 5.92 Å². The Labute approximate surface area is 200 Å². The summed E-state index contributed by atoms with van der Waals surface area (Å²) in [6.07, 6.45) is 3.17. The quantitative estimate of drug-likeness (QED) is 0.615. The van der Waals surface area contributed by atoms with E-state index in [1.54, 1.807) is 0 Å². The lowest BCUT2D eigenvalue weighted by Crippen LogP contribution is -2.50. The summed E-state index contributed by atoms with van der Waals surface area (Å²) in [6.45, 7) is 3.02. The molecule has 2 fully saturated rings. The molecule has 172 valence electrons. The number of anilines is 2. The minimum Gasteiger partial charge on any atom is -0.368 e. The number of carbonyl (C=O) groups is 2. The molecule has 2 aliphatic carbocycles. The molecule has 1 saturated heterocycles. The average Bonchev–Trinajstić information content (AvgIpc) is 3.18. The van der Waals surface area contributed by atoms with Crippen molar-refractivity contribution in [1.82, 2.24) is 4.90 Å². The van der Waals surface area contributed by atoms with E-state index in [2.05, 4.69) is 46.6 Å². The van der Waals surface area contributed by atoms with Gasteiger partial charge in [0.05, 0.1) is 5.92 Å². The van der Waals surface area contributed by atoms with E-state index in [1.807, 2.05) is 41.3 Å². The first-order valence-corrected chi connectivity index (χ1v) is 12.3. The Morgan fingerprint density at radius 3 is 1.88 bits per heavy atom. The Morgan fingerprint density at radius 2 is 1.32 bits per heavy atom. The lowest BCUT2D eigenvalue weighted by molar-refractivity contribution is -0.132. The fourth-order valence-electron chi connectivity index (χ4n) is 5.46. The smallest absolute Gasteiger partial charge is 0.234 e. The zero-order chi connectivity index (χ0) is 23.1. The van der Waals surface area contributed by atoms with Gasteiger partial charge in [-0.25, -0.2) is 0 Å². The maximum atomic E-state index is 13.7. The lowest BCUT2D eigenvalue weighted by Gasteiger charge is -2.37. The van der Waals surface area contributed by atoms with Gasteiger partial charge in [-0.2, -0.15) is 0 Å². The summed E-state index contributed by atoms with van der Waals surface area (Å²) in [7, 11) is 0. The summed E-state index contributed by atoms with van der Waals surface area (Å²) in [5.41, 5.74) is 6.59. The largest absolute Gasteiger partial charge is 0.368 e. The van der Waals surface area contributed by atoms with Gasteiger partial charge >= 0.3 is 0 Å². The van der Waals surface area contributed by atoms with Crippen LogP contribution in [-0.2, 0) is 9.59 Å². The molecule has 1 N–H and O–H groups in total. The van der Waals surface area contributed by atoms with Crippen LogP contribution in [0.1, 0.15) is 36.3 Å². The van der Waals surface area contributed by atoms with E-state index in [1.165, 1.54) is 11.1 Å². The van der Waals surface area contributed by atoms with Gasteiger partial charge in [0.2, 0.25) is 11.8 Å². The predicted molar refractivity (Wildman–Crippen MR) is 135 cm³/mol. The number of rotatable bonds is 4. The molecule has 0 aromatic heterocycles. The second-order valence-electron chi connectivity index (χ2n) is 9.58. The van der Waals surface area contributed by atoms with Crippen LogP contribution in [0.25, 0.3) is 11.1 Å². The van der Waals surface area contributed by atoms with Gasteiger partial charge in [-0.1, -0.05) is 55.0 Å². The number of hydrogen-bond donors (Lipinski definition) is 1. The lowest BCUT2D eigenvalue weighted by atomic mass is 9.85. The summed E-state index contributed by atoms with van der Waals surface area (Å²) in [5, 5.41) is 3.03. The van der Waals surface area contributed by atoms with Crippen molar-refractivity contribution in [3.63, 3.8) is 0 Å². The average molecular weight is 452 g/mol. The number of carbonyl (C=O) groups excluding carboxylic acids is 2. The minimum atomic E-state index is -0.211. The van der Waals surface area contributed by atoms with Gasteiger partial charge in [0.1, 0.15) is 0 Å². The second-order valence-corrected chi connectivity index (χ2v) is 9.58. The highest BCUT2D eigenvalue weighted by Crippen LogP contribution is 2.45. The fourth-order valence-corrected chi connectivity index (χ4v) is 5.46. The zero-order valence-corrected chi connectivity index (χ0v) is 19.2. The third-order valence-electron chi connectivity index (χ3n) is 7.65. The van der Waals surface area contributed by atoms with Crippen molar-refractivity contribution in [2.24, 2.45) is 5.92 Å². The molecule has 1 heterocycles. The van der Waals surface area contributed by atoms with E-state index in [9.17, 15) is 9.59 Å². The third-order valence-corrected chi connectivity index (χ3v) is 7.65. The number of benzene rings is 3. The van der Waals surface area contributed by atoms with Crippen molar-refractivity contribution in [2.75, 3.05) is 36.4 Å². The maximum Gasteiger partial charge on any atom is 0.234 e. The first kappa shape index (κ1) is 21.0. The number of nitrogens with one attached hydrogen (secondary N) is 1. The Bertz CT molecular complexity index is 1180. The highest BCUT2D eigenvalue weighted by atomic mass is 16.2. The SMILES string of the molecule is O=C(Nc1ccc(N2CCN(C(=O)C3c4ccccc4-c4ccccc43)CC2)cc1)C1CCC1. The van der Waals surface area contributed by atoms with Crippen LogP contribution in [0.4, 0.5) is 11.4 Å². The van der Waals surface area contributed by atoms with Crippen LogP contribution in [0.2, 0.25) is 0 Å². The first-order valence-electron chi connectivity index (χ1n) is 12.3. The van der Waals surface area contributed by atoms with Gasteiger partial charge in [-0.05, 0) is 59.4 Å². The van der Waals surface area contributed by atoms with Gasteiger partial charge in [-0.3, -0.25) is 9.59 Å². The molecule has 1 aliphatic heterocycles. The number of nitrogens with zero attached hydrogens (tertiary/aromatic N) is 2. The standard InChI is InChI=1S/C29H29N3O2/c33-28(20-6-5-7-20)30-21-12-14-22(15-13-21)31-16-18-32(19-17-31)29(34)27-25-10-3-1-8-23(25)24-9-2-4-11-26(24)27/h1-4,8-15,20,27H,5-7,16-19H2,(H,30,33). The van der Waals surface area contributed by atoms with Gasteiger partial charge in [0.25, 0.3) is 0 Å². The van der Waals surface area contributed by atoms with Crippen molar-refractivity contribution < 1.29 is 9.59 Å². The van der Waals surface area contributed by atoms with Crippen LogP contribution in [0.5, 0.6) is 0 Å². The molecule has 5 nitrogen and oxygen atoms in total. The van der Waals surface area contributed by atoms with E-state index in [0.717, 1.165) is 54.9 Å². The van der Waals surface area contributed by atoms with Gasteiger partial charge in [-0.15, -0.1) is 0 Å². The fraction of sp³-hybridized carbons (Fsp3) is 0.310. The summed E-state index contributed by atoms with van der Waals surface area (Å²) >= 11 is 0. The van der Waals surface area contributed by atoms with Crippen molar-refractivity contribution in [2.45, 2.75) is 25.2 Å². The van der Waals surface area contributed by atoms with Gasteiger partial charge in [0.15, 0.2) is 0 Å². The molecule has 3 aliphatic rings. The Morgan fingerprint density at radius 1 is 0.735 bits per heavy atom. The Kier molecular flexibility index (Phi) is 5.33. The number of fused-ring (bicyclic) bond motifs is 3. The van der Waals surface area contributed by atoms with Crippen LogP contribution < -0.4 is 10.2 Å². The van der Waals surface area contributed by atoms with Crippen LogP contribution in [0.15, 0.2) is 72.8 Å². The van der Waals surface area contributed by atoms with Crippen molar-refractivity contribution in [3.8, 4) is 11.1 Å².